The van der Waals surface area contributed by atoms with Gasteiger partial charge in [0.25, 0.3) is 0 Å². The van der Waals surface area contributed by atoms with Crippen molar-refractivity contribution < 1.29 is 35.8 Å². The third-order valence-corrected chi connectivity index (χ3v) is 1.95. The third-order valence-electron chi connectivity index (χ3n) is 1.95. The molecule has 1 unspecified atom stereocenters. The predicted octanol–water partition coefficient (Wildman–Crippen LogP) is -6.37. The quantitative estimate of drug-likeness (QED) is 0.309. The molecule has 0 aliphatic heterocycles. The van der Waals surface area contributed by atoms with Gasteiger partial charge in [-0.1, -0.05) is 31.0 Å². The van der Waals surface area contributed by atoms with Crippen molar-refractivity contribution in [3.8, 4) is 0 Å². The molecule has 0 radical (unpaired) electrons. The molecule has 0 fully saturated rings. The van der Waals surface area contributed by atoms with Crippen LogP contribution in [0.25, 0.3) is 6.08 Å². The normalized spacial score (nSPS) is 15.1. The predicted molar refractivity (Wildman–Crippen MR) is 42.6 cm³/mol. The summed E-state index contributed by atoms with van der Waals surface area (Å²) < 4.78 is 0. The van der Waals surface area contributed by atoms with Crippen LogP contribution in [0.1, 0.15) is 24.0 Å². The van der Waals surface area contributed by atoms with Crippen LogP contribution >= 0.6 is 0 Å². The van der Waals surface area contributed by atoms with Gasteiger partial charge in [-0.15, -0.1) is 11.6 Å². The number of hydrogen-bond donors (Lipinski definition) is 0. The number of rotatable bonds is 0. The van der Waals surface area contributed by atoms with Gasteiger partial charge in [-0.05, 0) is 0 Å². The molecule has 1 atom stereocenters. The number of hydrogen-bond acceptors (Lipinski definition) is 0. The molecule has 0 amide bonds. The first kappa shape index (κ1) is 19.1. The molecule has 0 saturated carbocycles. The van der Waals surface area contributed by atoms with Crippen molar-refractivity contribution in [1.82, 2.24) is 0 Å². The van der Waals surface area contributed by atoms with E-state index in [0.29, 0.717) is 5.92 Å². The maximum absolute atomic E-state index is 3.26. The first-order valence-electron chi connectivity index (χ1n) is 3.56. The Morgan fingerprint density at radius 3 is 2.21 bits per heavy atom. The Kier molecular flexibility index (Phi) is 10.7. The van der Waals surface area contributed by atoms with E-state index in [0.717, 1.165) is 0 Å². The zero-order valence-electron chi connectivity index (χ0n) is 7.60. The van der Waals surface area contributed by atoms with Gasteiger partial charge in [-0.2, -0.15) is 5.56 Å². The van der Waals surface area contributed by atoms with Crippen LogP contribution in [0.5, 0.6) is 0 Å². The van der Waals surface area contributed by atoms with Crippen LogP contribution in [0.15, 0.2) is 24.3 Å². The Labute approximate surface area is 96.4 Å². The maximum Gasteiger partial charge on any atom is 4.00 e. The van der Waals surface area contributed by atoms with Crippen molar-refractivity contribution in [2.24, 2.45) is 0 Å². The van der Waals surface area contributed by atoms with E-state index in [2.05, 4.69) is 43.3 Å². The molecule has 1 aliphatic rings. The number of halogens is 3. The summed E-state index contributed by atoms with van der Waals surface area (Å²) in [5, 5.41) is 0. The fraction of sp³-hybridized carbons (Fsp3) is 0.200. The molecular weight excluding hydrogens is 225 g/mol. The maximum atomic E-state index is 3.26. The van der Waals surface area contributed by atoms with E-state index < -0.39 is 0 Å². The van der Waals surface area contributed by atoms with E-state index in [1.54, 1.807) is 0 Å². The summed E-state index contributed by atoms with van der Waals surface area (Å²) in [6.07, 6.45) is 5.33. The minimum Gasteiger partial charge on any atom is -1.00 e. The minimum absolute atomic E-state index is 0. The molecule has 1 aliphatic carbocycles. The topological polar surface area (TPSA) is 0 Å². The van der Waals surface area contributed by atoms with Crippen LogP contribution < -0.4 is 14.1 Å². The van der Waals surface area contributed by atoms with Crippen molar-refractivity contribution in [1.29, 1.82) is 0 Å². The average Bonchev–Trinajstić information content (AvgIpc) is 2.34. The smallest absolute Gasteiger partial charge is 1.00 e. The fourth-order valence-electron chi connectivity index (χ4n) is 1.34. The largest absolute Gasteiger partial charge is 4.00 e. The summed E-state index contributed by atoms with van der Waals surface area (Å²) in [5.74, 6) is 0.496. The molecule has 0 saturated heterocycles. The average molecular weight is 234 g/mol. The SMILES string of the molecule is CC1[C-]=Cc2ccccc21.[F-].[F-].[F-].[Ti+4]. The number of allylic oxidation sites excluding steroid dienone is 1. The molecule has 0 nitrogen and oxygen atoms in total. The van der Waals surface area contributed by atoms with Gasteiger partial charge in [-0.25, -0.2) is 6.08 Å². The Hall–Kier alpha value is -0.536. The third kappa shape index (κ3) is 3.31. The summed E-state index contributed by atoms with van der Waals surface area (Å²) in [6.45, 7) is 2.17. The molecule has 4 heteroatoms. The zero-order chi connectivity index (χ0) is 6.97. The molecule has 0 heterocycles. The summed E-state index contributed by atoms with van der Waals surface area (Å²) in [4.78, 5) is 0. The first-order valence-corrected chi connectivity index (χ1v) is 3.56. The summed E-state index contributed by atoms with van der Waals surface area (Å²) in [7, 11) is 0. The Morgan fingerprint density at radius 2 is 1.64 bits per heavy atom. The zero-order valence-corrected chi connectivity index (χ0v) is 9.16. The van der Waals surface area contributed by atoms with Gasteiger partial charge >= 0.3 is 21.7 Å². The van der Waals surface area contributed by atoms with Gasteiger partial charge in [0, 0.05) is 0 Å². The Bertz CT molecular complexity index is 286. The Balaban J connectivity index is -0.000000302. The summed E-state index contributed by atoms with van der Waals surface area (Å²) >= 11 is 0. The van der Waals surface area contributed by atoms with E-state index in [1.807, 2.05) is 0 Å². The van der Waals surface area contributed by atoms with Crippen LogP contribution in [0, 0.1) is 6.08 Å². The van der Waals surface area contributed by atoms with E-state index in [-0.39, 0.29) is 35.8 Å². The summed E-state index contributed by atoms with van der Waals surface area (Å²) in [6, 6.07) is 8.44. The first-order chi connectivity index (χ1) is 4.88. The van der Waals surface area contributed by atoms with Crippen molar-refractivity contribution in [3.63, 3.8) is 0 Å². The molecule has 2 rings (SSSR count). The molecule has 1 aromatic carbocycles. The van der Waals surface area contributed by atoms with Crippen LogP contribution in [0.3, 0.4) is 0 Å². The van der Waals surface area contributed by atoms with Crippen molar-refractivity contribution in [3.05, 3.63) is 41.5 Å². The van der Waals surface area contributed by atoms with Crippen LogP contribution in [0.2, 0.25) is 0 Å². The van der Waals surface area contributed by atoms with Gasteiger partial charge in [-0.3, -0.25) is 6.08 Å². The second kappa shape index (κ2) is 7.83. The second-order valence-electron chi connectivity index (χ2n) is 2.66. The van der Waals surface area contributed by atoms with Gasteiger partial charge in [0.05, 0.1) is 0 Å². The molecule has 0 N–H and O–H groups in total. The van der Waals surface area contributed by atoms with Crippen LogP contribution in [-0.2, 0) is 21.7 Å². The van der Waals surface area contributed by atoms with Crippen molar-refractivity contribution in [2.75, 3.05) is 0 Å². The monoisotopic (exact) mass is 234 g/mol. The van der Waals surface area contributed by atoms with Crippen LogP contribution in [-0.4, -0.2) is 0 Å². The van der Waals surface area contributed by atoms with E-state index in [1.165, 1.54) is 11.1 Å². The summed E-state index contributed by atoms with van der Waals surface area (Å²) in [5.41, 5.74) is 2.73. The molecule has 14 heavy (non-hydrogen) atoms. The molecule has 0 spiro atoms. The van der Waals surface area contributed by atoms with Gasteiger partial charge in [0.15, 0.2) is 0 Å². The van der Waals surface area contributed by atoms with Gasteiger partial charge < -0.3 is 14.1 Å². The molecule has 0 aromatic heterocycles. The minimum atomic E-state index is 0. The van der Waals surface area contributed by atoms with Crippen molar-refractivity contribution >= 4 is 6.08 Å². The second-order valence-corrected chi connectivity index (χ2v) is 2.66. The molecule has 1 aromatic rings. The van der Waals surface area contributed by atoms with Crippen LogP contribution in [0.4, 0.5) is 0 Å². The molecule has 0 bridgehead atoms. The van der Waals surface area contributed by atoms with E-state index in [9.17, 15) is 0 Å². The number of benzene rings is 1. The number of fused-ring (bicyclic) bond motifs is 1. The van der Waals surface area contributed by atoms with Crippen molar-refractivity contribution in [2.45, 2.75) is 12.8 Å². The fourth-order valence-corrected chi connectivity index (χ4v) is 1.34. The molecule has 74 valence electrons. The Morgan fingerprint density at radius 1 is 1.07 bits per heavy atom. The van der Waals surface area contributed by atoms with E-state index >= 15 is 0 Å². The van der Waals surface area contributed by atoms with Gasteiger partial charge in [0.1, 0.15) is 0 Å². The van der Waals surface area contributed by atoms with E-state index in [4.69, 9.17) is 0 Å². The molecular formula is C10H9F3Ti. The van der Waals surface area contributed by atoms with Gasteiger partial charge in [0.2, 0.25) is 0 Å². The standard InChI is InChI=1S/C10H9.3FH.Ti/c1-8-6-7-9-4-2-3-5-10(8)9;;;;/h2-5,7-8H,1H3;3*1H;/q-1;;;;+4/p-3.